The molecule has 0 saturated carbocycles. The average molecular weight is 304 g/mol. The number of hydrogen-bond donors (Lipinski definition) is 1. The highest BCUT2D eigenvalue weighted by Crippen LogP contribution is 2.21. The fraction of sp³-hybridized carbons (Fsp3) is 0.389. The van der Waals surface area contributed by atoms with E-state index in [0.717, 1.165) is 30.6 Å². The molecule has 1 rings (SSSR count). The average Bonchev–Trinajstić information content (AvgIpc) is 2.46. The molecule has 1 aromatic rings. The van der Waals surface area contributed by atoms with Crippen LogP contribution >= 0.6 is 11.8 Å². The Morgan fingerprint density at radius 2 is 1.90 bits per heavy atom. The van der Waals surface area contributed by atoms with Gasteiger partial charge in [0, 0.05) is 17.1 Å². The summed E-state index contributed by atoms with van der Waals surface area (Å²) in [6.45, 7) is 6.12. The van der Waals surface area contributed by atoms with Gasteiger partial charge in [-0.05, 0) is 44.7 Å². The van der Waals surface area contributed by atoms with Gasteiger partial charge in [-0.15, -0.1) is 11.8 Å². The van der Waals surface area contributed by atoms with Crippen molar-refractivity contribution in [2.45, 2.75) is 43.9 Å². The number of rotatable bonds is 10. The van der Waals surface area contributed by atoms with Crippen molar-refractivity contribution < 1.29 is 9.90 Å². The van der Waals surface area contributed by atoms with Crippen LogP contribution in [0.3, 0.4) is 0 Å². The minimum atomic E-state index is -0.731. The Morgan fingerprint density at radius 1 is 1.19 bits per heavy atom. The molecule has 0 radical (unpaired) electrons. The van der Waals surface area contributed by atoms with Crippen LogP contribution in [0.5, 0.6) is 0 Å². The molecule has 0 aromatic heterocycles. The summed E-state index contributed by atoms with van der Waals surface area (Å²) in [5.41, 5.74) is 2.42. The molecular weight excluding hydrogens is 280 g/mol. The maximum Gasteiger partial charge on any atom is 0.303 e. The van der Waals surface area contributed by atoms with Crippen molar-refractivity contribution in [3.63, 3.8) is 0 Å². The molecule has 0 heterocycles. The van der Waals surface area contributed by atoms with Gasteiger partial charge < -0.3 is 5.11 Å². The molecule has 0 aliphatic carbocycles. The Bertz CT molecular complexity index is 477. The van der Waals surface area contributed by atoms with Gasteiger partial charge in [-0.3, -0.25) is 4.79 Å². The molecule has 0 spiro atoms. The summed E-state index contributed by atoms with van der Waals surface area (Å²) in [6, 6.07) is 10.4. The van der Waals surface area contributed by atoms with E-state index in [1.54, 1.807) is 0 Å². The third-order valence-electron chi connectivity index (χ3n) is 3.19. The molecule has 0 fully saturated rings. The lowest BCUT2D eigenvalue weighted by molar-refractivity contribution is -0.136. The summed E-state index contributed by atoms with van der Waals surface area (Å²) in [4.78, 5) is 11.8. The predicted molar refractivity (Wildman–Crippen MR) is 90.8 cm³/mol. The molecule has 1 N–H and O–H groups in total. The molecule has 3 heteroatoms. The first-order valence-electron chi connectivity index (χ1n) is 7.30. The standard InChI is InChI=1S/C18H24O2S/c1-15(11-12-18(19)20)7-6-8-16(2)13-14-21-17-9-4-3-5-10-17/h3-5,7,9-10H,2,6,8,11-14H2,1H3,(H,19,20). The summed E-state index contributed by atoms with van der Waals surface area (Å²) in [6.07, 6.45) is 5.97. The maximum atomic E-state index is 10.5. The van der Waals surface area contributed by atoms with Crippen molar-refractivity contribution >= 4 is 17.7 Å². The molecule has 0 bridgehead atoms. The van der Waals surface area contributed by atoms with Gasteiger partial charge in [0.25, 0.3) is 0 Å². The monoisotopic (exact) mass is 304 g/mol. The van der Waals surface area contributed by atoms with Crippen LogP contribution in [0.1, 0.15) is 39.0 Å². The minimum Gasteiger partial charge on any atom is -0.481 e. The Morgan fingerprint density at radius 3 is 2.57 bits per heavy atom. The van der Waals surface area contributed by atoms with Crippen molar-refractivity contribution in [3.05, 3.63) is 54.1 Å². The summed E-state index contributed by atoms with van der Waals surface area (Å²) >= 11 is 1.86. The molecule has 0 amide bonds. The zero-order valence-electron chi connectivity index (χ0n) is 12.7. The van der Waals surface area contributed by atoms with Gasteiger partial charge in [0.2, 0.25) is 0 Å². The number of benzene rings is 1. The molecule has 1 aromatic carbocycles. The summed E-state index contributed by atoms with van der Waals surface area (Å²) < 4.78 is 0. The lowest BCUT2D eigenvalue weighted by Crippen LogP contribution is -1.94. The molecule has 0 atom stereocenters. The fourth-order valence-corrected chi connectivity index (χ4v) is 2.86. The number of aliphatic carboxylic acids is 1. The smallest absolute Gasteiger partial charge is 0.303 e. The van der Waals surface area contributed by atoms with Crippen LogP contribution in [0.25, 0.3) is 0 Å². The van der Waals surface area contributed by atoms with Crippen molar-refractivity contribution in [2.24, 2.45) is 0 Å². The van der Waals surface area contributed by atoms with E-state index in [-0.39, 0.29) is 6.42 Å². The van der Waals surface area contributed by atoms with Gasteiger partial charge in [-0.25, -0.2) is 0 Å². The predicted octanol–water partition coefficient (Wildman–Crippen LogP) is 5.32. The third-order valence-corrected chi connectivity index (χ3v) is 4.21. The number of carboxylic acid groups (broad SMARTS) is 1. The second kappa shape index (κ2) is 10.3. The van der Waals surface area contributed by atoms with Crippen LogP contribution in [0.4, 0.5) is 0 Å². The van der Waals surface area contributed by atoms with Gasteiger partial charge in [-0.2, -0.15) is 0 Å². The Labute approximate surface area is 132 Å². The zero-order valence-corrected chi connectivity index (χ0v) is 13.5. The SMILES string of the molecule is C=C(CCC=C(C)CCC(=O)O)CCSc1ccccc1. The van der Waals surface area contributed by atoms with E-state index in [2.05, 4.69) is 36.9 Å². The van der Waals surface area contributed by atoms with Gasteiger partial charge in [0.05, 0.1) is 0 Å². The Hall–Kier alpha value is -1.48. The first-order valence-corrected chi connectivity index (χ1v) is 8.28. The first-order chi connectivity index (χ1) is 10.1. The molecule has 2 nitrogen and oxygen atoms in total. The Balaban J connectivity index is 2.13. The minimum absolute atomic E-state index is 0.219. The molecular formula is C18H24O2S. The van der Waals surface area contributed by atoms with Gasteiger partial charge in [0.1, 0.15) is 0 Å². The lowest BCUT2D eigenvalue weighted by Gasteiger charge is -2.05. The molecule has 114 valence electrons. The van der Waals surface area contributed by atoms with Crippen LogP contribution < -0.4 is 0 Å². The lowest BCUT2D eigenvalue weighted by atomic mass is 10.1. The Kier molecular flexibility index (Phi) is 8.60. The second-order valence-electron chi connectivity index (χ2n) is 5.14. The van der Waals surface area contributed by atoms with Crippen molar-refractivity contribution in [1.82, 2.24) is 0 Å². The molecule has 21 heavy (non-hydrogen) atoms. The van der Waals surface area contributed by atoms with Gasteiger partial charge in [0.15, 0.2) is 0 Å². The highest BCUT2D eigenvalue weighted by Gasteiger charge is 1.99. The fourth-order valence-electron chi connectivity index (χ4n) is 1.88. The largest absolute Gasteiger partial charge is 0.481 e. The number of carboxylic acids is 1. The van der Waals surface area contributed by atoms with Crippen molar-refractivity contribution in [2.75, 3.05) is 5.75 Å². The second-order valence-corrected chi connectivity index (χ2v) is 6.31. The van der Waals surface area contributed by atoms with Crippen molar-refractivity contribution in [1.29, 1.82) is 0 Å². The van der Waals surface area contributed by atoms with E-state index in [0.29, 0.717) is 6.42 Å². The van der Waals surface area contributed by atoms with Crippen LogP contribution in [0.15, 0.2) is 59.0 Å². The number of allylic oxidation sites excluding steroid dienone is 3. The molecule has 0 aliphatic rings. The van der Waals surface area contributed by atoms with Gasteiger partial charge in [-0.1, -0.05) is 42.0 Å². The van der Waals surface area contributed by atoms with E-state index in [4.69, 9.17) is 5.11 Å². The normalized spacial score (nSPS) is 11.4. The van der Waals surface area contributed by atoms with Crippen LogP contribution in [0, 0.1) is 0 Å². The number of carbonyl (C=O) groups is 1. The quantitative estimate of drug-likeness (QED) is 0.470. The summed E-state index contributed by atoms with van der Waals surface area (Å²) in [5.74, 6) is 0.329. The maximum absolute atomic E-state index is 10.5. The van der Waals surface area contributed by atoms with E-state index in [9.17, 15) is 4.79 Å². The van der Waals surface area contributed by atoms with Crippen LogP contribution in [-0.4, -0.2) is 16.8 Å². The van der Waals surface area contributed by atoms with Crippen molar-refractivity contribution in [3.8, 4) is 0 Å². The van der Waals surface area contributed by atoms with E-state index in [1.165, 1.54) is 10.5 Å². The first kappa shape index (κ1) is 17.6. The van der Waals surface area contributed by atoms with E-state index in [1.807, 2.05) is 24.8 Å². The summed E-state index contributed by atoms with van der Waals surface area (Å²) in [5, 5.41) is 8.62. The highest BCUT2D eigenvalue weighted by molar-refractivity contribution is 7.99. The third kappa shape index (κ3) is 9.14. The number of hydrogen-bond acceptors (Lipinski definition) is 2. The zero-order chi connectivity index (χ0) is 15.5. The number of thioether (sulfide) groups is 1. The molecule has 0 saturated heterocycles. The van der Waals surface area contributed by atoms with Gasteiger partial charge >= 0.3 is 5.97 Å². The topological polar surface area (TPSA) is 37.3 Å². The molecule has 0 unspecified atom stereocenters. The highest BCUT2D eigenvalue weighted by atomic mass is 32.2. The van der Waals surface area contributed by atoms with Crippen LogP contribution in [-0.2, 0) is 4.79 Å². The van der Waals surface area contributed by atoms with Crippen LogP contribution in [0.2, 0.25) is 0 Å². The van der Waals surface area contributed by atoms with E-state index >= 15 is 0 Å². The summed E-state index contributed by atoms with van der Waals surface area (Å²) in [7, 11) is 0. The van der Waals surface area contributed by atoms with E-state index < -0.39 is 5.97 Å². The molecule has 0 aliphatic heterocycles.